The van der Waals surface area contributed by atoms with E-state index in [-0.39, 0.29) is 17.0 Å². The predicted octanol–water partition coefficient (Wildman–Crippen LogP) is 3.76. The summed E-state index contributed by atoms with van der Waals surface area (Å²) in [5, 5.41) is 20.4. The topological polar surface area (TPSA) is 292 Å². The van der Waals surface area contributed by atoms with Crippen LogP contribution in [0.3, 0.4) is 0 Å². The lowest BCUT2D eigenvalue weighted by Gasteiger charge is -2.19. The number of hydrogen-bond donors (Lipinski definition) is 7. The Balaban J connectivity index is 0. The monoisotopic (exact) mass is 916 g/mol. The second kappa shape index (κ2) is 31.3. The van der Waals surface area contributed by atoms with E-state index in [9.17, 15) is 28.8 Å². The highest BCUT2D eigenvalue weighted by atomic mass is 31.3. The summed E-state index contributed by atoms with van der Waals surface area (Å²) < 4.78 is 51.9. The van der Waals surface area contributed by atoms with Gasteiger partial charge in [0.1, 0.15) is 30.2 Å². The highest BCUT2D eigenvalue weighted by molar-refractivity contribution is 7.66. The molecule has 1 aliphatic heterocycles. The highest BCUT2D eigenvalue weighted by Crippen LogP contribution is 2.66. The van der Waals surface area contributed by atoms with Gasteiger partial charge in [-0.15, -0.1) is 0 Å². The van der Waals surface area contributed by atoms with Crippen molar-refractivity contribution in [1.82, 2.24) is 39.1 Å². The Morgan fingerprint density at radius 1 is 0.627 bits per heavy atom. The van der Waals surface area contributed by atoms with Crippen LogP contribution in [0.5, 0.6) is 0 Å². The Bertz CT molecular complexity index is 1440. The molecule has 22 nitrogen and oxygen atoms in total. The summed E-state index contributed by atoms with van der Waals surface area (Å²) >= 11 is 0. The normalized spacial score (nSPS) is 19.8. The molecule has 0 amide bonds. The minimum atomic E-state index is -5.70. The molecule has 0 saturated carbocycles. The second-order valence-corrected chi connectivity index (χ2v) is 16.9. The molecule has 0 bridgehead atoms. The molecule has 25 heteroatoms. The molecule has 8 N–H and O–H groups in total. The van der Waals surface area contributed by atoms with Crippen LogP contribution in [0.15, 0.2) is 12.7 Å². The van der Waals surface area contributed by atoms with Crippen LogP contribution in [0.4, 0.5) is 5.82 Å². The molecule has 2 aromatic heterocycles. The number of anilines is 1. The summed E-state index contributed by atoms with van der Waals surface area (Å²) in [7, 11) is -16.7. The summed E-state index contributed by atoms with van der Waals surface area (Å²) in [6.45, 7) is 39.5. The quantitative estimate of drug-likeness (QED) is 0.0735. The molecular weight excluding hydrogens is 840 g/mol. The summed E-state index contributed by atoms with van der Waals surface area (Å²) in [5.41, 5.74) is 6.00. The number of nitrogens with two attached hydrogens (primary N) is 1. The van der Waals surface area contributed by atoms with E-state index in [1.54, 1.807) is 0 Å². The van der Waals surface area contributed by atoms with Gasteiger partial charge in [-0.1, -0.05) is 83.1 Å². The number of rotatable bonds is 20. The molecule has 6 atom stereocenters. The summed E-state index contributed by atoms with van der Waals surface area (Å²) in [6.07, 6.45) is -3.69. The first-order valence-corrected chi connectivity index (χ1v) is 24.7. The zero-order chi connectivity index (χ0) is 46.0. The smallest absolute Gasteiger partial charge is 0.387 e. The molecule has 1 aliphatic rings. The molecule has 59 heavy (non-hydrogen) atoms. The van der Waals surface area contributed by atoms with Crippen LogP contribution in [0.25, 0.3) is 11.2 Å². The van der Waals surface area contributed by atoms with E-state index in [0.29, 0.717) is 0 Å². The van der Waals surface area contributed by atoms with Crippen molar-refractivity contribution in [3.05, 3.63) is 12.7 Å². The first kappa shape index (κ1) is 59.6. The third-order valence-electron chi connectivity index (χ3n) is 9.18. The number of phosphoric ester groups is 1. The van der Waals surface area contributed by atoms with Gasteiger partial charge in [-0.3, -0.25) is 9.09 Å². The number of aliphatic hydroxyl groups excluding tert-OH is 2. The molecule has 2 aromatic rings. The van der Waals surface area contributed by atoms with Gasteiger partial charge < -0.3 is 59.9 Å². The van der Waals surface area contributed by atoms with Crippen LogP contribution in [-0.2, 0) is 31.6 Å². The Morgan fingerprint density at radius 3 is 1.36 bits per heavy atom. The number of ether oxygens (including phenoxy) is 1. The van der Waals surface area contributed by atoms with E-state index >= 15 is 0 Å². The van der Waals surface area contributed by atoms with Crippen LogP contribution in [0.1, 0.15) is 89.3 Å². The molecule has 0 aromatic carbocycles. The molecular formula is C34H76N9O13P3. The Labute approximate surface area is 351 Å². The molecule has 2 unspecified atom stereocenters. The number of imidazole rings is 1. The van der Waals surface area contributed by atoms with Gasteiger partial charge in [0, 0.05) is 0 Å². The van der Waals surface area contributed by atoms with Crippen LogP contribution in [-0.4, -0.2) is 172 Å². The average molecular weight is 917 g/mol. The van der Waals surface area contributed by atoms with E-state index < -0.39 is 54.6 Å². The number of aliphatic hydroxyl groups is 2. The van der Waals surface area contributed by atoms with Gasteiger partial charge in [0.05, 0.1) is 12.9 Å². The molecule has 3 heterocycles. The first-order chi connectivity index (χ1) is 27.6. The van der Waals surface area contributed by atoms with Crippen LogP contribution in [0, 0.1) is 0 Å². The number of fused-ring (bicyclic) bond motifs is 1. The van der Waals surface area contributed by atoms with Crippen molar-refractivity contribution in [3.63, 3.8) is 0 Å². The van der Waals surface area contributed by atoms with E-state index in [0.717, 1.165) is 6.33 Å². The first-order valence-electron chi connectivity index (χ1n) is 20.2. The van der Waals surface area contributed by atoms with Crippen LogP contribution >= 0.6 is 23.5 Å². The predicted molar refractivity (Wildman–Crippen MR) is 229 cm³/mol. The molecule has 3 rings (SSSR count). The average Bonchev–Trinajstić information content (AvgIpc) is 3.73. The van der Waals surface area contributed by atoms with Crippen molar-refractivity contribution in [2.24, 2.45) is 0 Å². The third kappa shape index (κ3) is 24.1. The van der Waals surface area contributed by atoms with Crippen molar-refractivity contribution in [2.45, 2.75) is 108 Å². The molecule has 1 saturated heterocycles. The van der Waals surface area contributed by atoms with Crippen molar-refractivity contribution in [3.8, 4) is 0 Å². The van der Waals surface area contributed by atoms with Crippen molar-refractivity contribution >= 4 is 40.4 Å². The summed E-state index contributed by atoms with van der Waals surface area (Å²) in [6, 6.07) is 0. The lowest BCUT2D eigenvalue weighted by molar-refractivity contribution is -0.0503. The minimum absolute atomic E-state index is 0.0426. The maximum absolute atomic E-state index is 11.8. The number of aromatic nitrogens is 4. The minimum Gasteiger partial charge on any atom is -0.387 e. The zero-order valence-corrected chi connectivity index (χ0v) is 39.9. The Morgan fingerprint density at radius 2 is 1.02 bits per heavy atom. The zero-order valence-electron chi connectivity index (χ0n) is 37.2. The van der Waals surface area contributed by atoms with Gasteiger partial charge in [0.15, 0.2) is 17.7 Å². The summed E-state index contributed by atoms with van der Waals surface area (Å²) in [5.74, 6) is 0.0426. The number of phosphoric acid groups is 3. The van der Waals surface area contributed by atoms with Gasteiger partial charge in [-0.2, -0.15) is 8.62 Å². The Hall–Kier alpha value is -1.52. The number of nitrogens with zero attached hydrogens (tertiary/aromatic N) is 8. The standard InChI is InChI=1S/C10H16N5O13P3.4C6H15N/c11-8-5-9(13-2-12-8)15(3-14-5)10-7(17)6(16)4(26-10)1-25-30(21,22)28-31(23,24)27-29(18,19)20;4*1-4-7(5-2)6-3/h2-4,6-7,10,16-17H,1H2,(H,21,22)(H,23,24)(H2,11,12,13)(H2,18,19,20);4*4-6H2,1-3H3/t4-,6-,7-,10-;;;;/m1..../s1/i1+1,4+1,6+1,7+1,10+1;;;;. The lowest BCUT2D eigenvalue weighted by Crippen LogP contribution is -2.33. The van der Waals surface area contributed by atoms with E-state index in [1.165, 1.54) is 89.4 Å². The van der Waals surface area contributed by atoms with Crippen molar-refractivity contribution < 1.29 is 61.4 Å². The van der Waals surface area contributed by atoms with Gasteiger partial charge in [-0.05, 0) is 78.5 Å². The highest BCUT2D eigenvalue weighted by Gasteiger charge is 2.47. The second-order valence-electron chi connectivity index (χ2n) is 12.5. The summed E-state index contributed by atoms with van der Waals surface area (Å²) in [4.78, 5) is 56.7. The fourth-order valence-electron chi connectivity index (χ4n) is 5.31. The fraction of sp³-hybridized carbons (Fsp3) is 0.853. The van der Waals surface area contributed by atoms with Gasteiger partial charge >= 0.3 is 23.5 Å². The SMILES string of the molecule is CCN(CC)CC.CCN(CC)CC.CCN(CC)CC.CCN(CC)CC.Nc1ncnc2c1ncn2[13C@@H]1O[13C@H]([13CH2]OP(=O)(O)OP(=O)(O)OP(=O)(O)O)[13C@@H](O)[13C@H]1O. The lowest BCUT2D eigenvalue weighted by atomic mass is 10.5. The Kier molecular flexibility index (Phi) is 31.6. The van der Waals surface area contributed by atoms with Crippen molar-refractivity contribution in [1.29, 1.82) is 0 Å². The van der Waals surface area contributed by atoms with E-state index in [4.69, 9.17) is 25.2 Å². The van der Waals surface area contributed by atoms with Gasteiger partial charge in [-0.25, -0.2) is 28.6 Å². The molecule has 350 valence electrons. The maximum Gasteiger partial charge on any atom is 0.490 e. The largest absolute Gasteiger partial charge is 0.490 e. The fourth-order valence-corrected chi connectivity index (χ4v) is 8.34. The molecule has 0 aliphatic carbocycles. The van der Waals surface area contributed by atoms with Gasteiger partial charge in [0.2, 0.25) is 0 Å². The third-order valence-corrected chi connectivity index (χ3v) is 13.0. The maximum atomic E-state index is 11.8. The van der Waals surface area contributed by atoms with Crippen LogP contribution < -0.4 is 5.73 Å². The van der Waals surface area contributed by atoms with Crippen molar-refractivity contribution in [2.75, 3.05) is 90.9 Å². The molecule has 1 fully saturated rings. The van der Waals surface area contributed by atoms with E-state index in [1.807, 2.05) is 0 Å². The van der Waals surface area contributed by atoms with Crippen LogP contribution in [0.2, 0.25) is 0 Å². The molecule has 0 spiro atoms. The van der Waals surface area contributed by atoms with Gasteiger partial charge in [0.25, 0.3) is 0 Å². The number of nitrogen functional groups attached to an aromatic ring is 1. The van der Waals surface area contributed by atoms with E-state index in [2.05, 4.69) is 131 Å². The molecule has 0 radical (unpaired) electrons. The number of hydrogen-bond acceptors (Lipinski definition) is 17.